The van der Waals surface area contributed by atoms with Gasteiger partial charge in [-0.15, -0.1) is 0 Å². The van der Waals surface area contributed by atoms with Crippen molar-refractivity contribution >= 4 is 11.7 Å². The maximum Gasteiger partial charge on any atom is 0.335 e. The van der Waals surface area contributed by atoms with Crippen molar-refractivity contribution < 1.29 is 9.90 Å². The lowest BCUT2D eigenvalue weighted by atomic mass is 9.90. The molecule has 3 nitrogen and oxygen atoms in total. The van der Waals surface area contributed by atoms with Gasteiger partial charge in [-0.25, -0.2) is 4.79 Å². The average Bonchev–Trinajstić information content (AvgIpc) is 2.87. The summed E-state index contributed by atoms with van der Waals surface area (Å²) in [6.45, 7) is 3.18. The molecule has 19 heavy (non-hydrogen) atoms. The number of nitrogens with one attached hydrogen (secondary N) is 1. The summed E-state index contributed by atoms with van der Waals surface area (Å²) < 4.78 is 0. The summed E-state index contributed by atoms with van der Waals surface area (Å²) in [5.41, 5.74) is 1.32. The van der Waals surface area contributed by atoms with E-state index in [4.69, 9.17) is 5.11 Å². The molecule has 102 valence electrons. The van der Waals surface area contributed by atoms with E-state index in [1.807, 2.05) is 12.1 Å². The van der Waals surface area contributed by atoms with Crippen molar-refractivity contribution in [2.45, 2.75) is 26.2 Å². The molecule has 0 amide bonds. The third kappa shape index (κ3) is 3.60. The Balaban J connectivity index is 1.78. The molecule has 0 spiro atoms. The maximum absolute atomic E-state index is 10.7. The highest BCUT2D eigenvalue weighted by Gasteiger charge is 2.20. The summed E-state index contributed by atoms with van der Waals surface area (Å²) >= 11 is 0. The first-order valence-corrected chi connectivity index (χ1v) is 6.94. The van der Waals surface area contributed by atoms with Gasteiger partial charge in [0.2, 0.25) is 0 Å². The zero-order valence-electron chi connectivity index (χ0n) is 11.3. The first-order valence-electron chi connectivity index (χ1n) is 6.94. The first-order chi connectivity index (χ1) is 9.20. The number of aromatic carboxylic acids is 1. The monoisotopic (exact) mass is 259 g/mol. The van der Waals surface area contributed by atoms with Crippen LogP contribution in [0.1, 0.15) is 36.5 Å². The molecule has 1 aromatic rings. The quantitative estimate of drug-likeness (QED) is 0.764. The smallest absolute Gasteiger partial charge is 0.335 e. The molecule has 2 rings (SSSR count). The second-order valence-corrected chi connectivity index (χ2v) is 5.09. The van der Waals surface area contributed by atoms with Gasteiger partial charge in [0.05, 0.1) is 5.56 Å². The average molecular weight is 259 g/mol. The molecular formula is C16H21NO2. The second kappa shape index (κ2) is 6.41. The third-order valence-electron chi connectivity index (χ3n) is 3.88. The number of carboxylic acid groups (broad SMARTS) is 1. The molecule has 0 saturated carbocycles. The van der Waals surface area contributed by atoms with Crippen molar-refractivity contribution in [2.75, 3.05) is 11.9 Å². The predicted molar refractivity (Wildman–Crippen MR) is 77.5 cm³/mol. The molecule has 0 fully saturated rings. The zero-order chi connectivity index (χ0) is 13.7. The minimum atomic E-state index is -0.880. The second-order valence-electron chi connectivity index (χ2n) is 5.09. The van der Waals surface area contributed by atoms with Gasteiger partial charge in [-0.2, -0.15) is 0 Å². The van der Waals surface area contributed by atoms with E-state index < -0.39 is 5.97 Å². The number of hydrogen-bond donors (Lipinski definition) is 2. The lowest BCUT2D eigenvalue weighted by Gasteiger charge is -2.18. The highest BCUT2D eigenvalue weighted by molar-refractivity contribution is 5.87. The molecule has 1 aromatic carbocycles. The number of carbonyl (C=O) groups is 1. The minimum Gasteiger partial charge on any atom is -0.478 e. The summed E-state index contributed by atoms with van der Waals surface area (Å²) in [5.74, 6) is 0.612. The van der Waals surface area contributed by atoms with Crippen LogP contribution in [0.25, 0.3) is 0 Å². The van der Waals surface area contributed by atoms with Crippen molar-refractivity contribution in [3.05, 3.63) is 42.0 Å². The Bertz CT molecular complexity index is 450. The fourth-order valence-corrected chi connectivity index (χ4v) is 2.69. The molecule has 0 heterocycles. The van der Waals surface area contributed by atoms with E-state index in [2.05, 4.69) is 24.4 Å². The minimum absolute atomic E-state index is 0.330. The molecule has 0 bridgehead atoms. The Labute approximate surface area is 114 Å². The van der Waals surface area contributed by atoms with E-state index in [-0.39, 0.29) is 0 Å². The Morgan fingerprint density at radius 2 is 2.11 bits per heavy atom. The van der Waals surface area contributed by atoms with Crippen LogP contribution in [0.3, 0.4) is 0 Å². The number of anilines is 1. The number of hydrogen-bond acceptors (Lipinski definition) is 2. The van der Waals surface area contributed by atoms with Gasteiger partial charge in [0.1, 0.15) is 0 Å². The van der Waals surface area contributed by atoms with Gasteiger partial charge in [0, 0.05) is 12.2 Å². The largest absolute Gasteiger partial charge is 0.478 e. The molecular weight excluding hydrogens is 238 g/mol. The van der Waals surface area contributed by atoms with Crippen molar-refractivity contribution in [3.63, 3.8) is 0 Å². The van der Waals surface area contributed by atoms with Gasteiger partial charge in [0.15, 0.2) is 0 Å². The van der Waals surface area contributed by atoms with Gasteiger partial charge in [-0.1, -0.05) is 19.1 Å². The number of allylic oxidation sites excluding steroid dienone is 2. The maximum atomic E-state index is 10.7. The molecule has 1 aliphatic carbocycles. The summed E-state index contributed by atoms with van der Waals surface area (Å²) in [5, 5.41) is 12.2. The Kier molecular flexibility index (Phi) is 4.61. The van der Waals surface area contributed by atoms with Crippen LogP contribution < -0.4 is 5.32 Å². The summed E-state index contributed by atoms with van der Waals surface area (Å²) in [4.78, 5) is 10.7. The van der Waals surface area contributed by atoms with Crippen LogP contribution in [0.2, 0.25) is 0 Å². The van der Waals surface area contributed by atoms with Gasteiger partial charge < -0.3 is 10.4 Å². The molecule has 2 unspecified atom stereocenters. The van der Waals surface area contributed by atoms with E-state index in [1.54, 1.807) is 12.1 Å². The number of carboxylic acids is 1. The SMILES string of the molecule is CCC1C=CCC1CCNc1ccc(C(=O)O)cc1. The molecule has 0 aromatic heterocycles. The molecule has 0 aliphatic heterocycles. The van der Waals surface area contributed by atoms with Gasteiger partial charge in [-0.3, -0.25) is 0 Å². The van der Waals surface area contributed by atoms with Crippen LogP contribution in [-0.4, -0.2) is 17.6 Å². The summed E-state index contributed by atoms with van der Waals surface area (Å²) in [6, 6.07) is 6.93. The summed E-state index contributed by atoms with van der Waals surface area (Å²) in [7, 11) is 0. The van der Waals surface area contributed by atoms with Crippen LogP contribution in [0.4, 0.5) is 5.69 Å². The molecule has 0 radical (unpaired) electrons. The lowest BCUT2D eigenvalue weighted by molar-refractivity contribution is 0.0697. The number of rotatable bonds is 6. The topological polar surface area (TPSA) is 49.3 Å². The van der Waals surface area contributed by atoms with Crippen LogP contribution >= 0.6 is 0 Å². The molecule has 3 heteroatoms. The third-order valence-corrected chi connectivity index (χ3v) is 3.88. The Hall–Kier alpha value is -1.77. The van der Waals surface area contributed by atoms with E-state index in [0.29, 0.717) is 5.56 Å². The lowest BCUT2D eigenvalue weighted by Crippen LogP contribution is -2.13. The molecule has 0 saturated heterocycles. The van der Waals surface area contributed by atoms with Crippen LogP contribution in [0.5, 0.6) is 0 Å². The van der Waals surface area contributed by atoms with Crippen LogP contribution in [-0.2, 0) is 0 Å². The van der Waals surface area contributed by atoms with E-state index in [9.17, 15) is 4.79 Å². The van der Waals surface area contributed by atoms with Gasteiger partial charge in [0.25, 0.3) is 0 Å². The van der Waals surface area contributed by atoms with Crippen molar-refractivity contribution in [2.24, 2.45) is 11.8 Å². The van der Waals surface area contributed by atoms with Crippen molar-refractivity contribution in [1.29, 1.82) is 0 Å². The van der Waals surface area contributed by atoms with Crippen molar-refractivity contribution in [3.8, 4) is 0 Å². The van der Waals surface area contributed by atoms with Gasteiger partial charge in [-0.05, 0) is 55.4 Å². The molecule has 2 N–H and O–H groups in total. The number of benzene rings is 1. The molecule has 2 atom stereocenters. The first kappa shape index (κ1) is 13.7. The van der Waals surface area contributed by atoms with Crippen LogP contribution in [0.15, 0.2) is 36.4 Å². The van der Waals surface area contributed by atoms with Crippen LogP contribution in [0, 0.1) is 11.8 Å². The fraction of sp³-hybridized carbons (Fsp3) is 0.438. The fourth-order valence-electron chi connectivity index (χ4n) is 2.69. The Morgan fingerprint density at radius 3 is 2.74 bits per heavy atom. The van der Waals surface area contributed by atoms with E-state index in [1.165, 1.54) is 12.8 Å². The summed E-state index contributed by atoms with van der Waals surface area (Å²) in [6.07, 6.45) is 8.20. The van der Waals surface area contributed by atoms with E-state index >= 15 is 0 Å². The zero-order valence-corrected chi connectivity index (χ0v) is 11.3. The van der Waals surface area contributed by atoms with Crippen molar-refractivity contribution in [1.82, 2.24) is 0 Å². The normalized spacial score (nSPS) is 21.5. The highest BCUT2D eigenvalue weighted by Crippen LogP contribution is 2.30. The van der Waals surface area contributed by atoms with E-state index in [0.717, 1.165) is 30.5 Å². The van der Waals surface area contributed by atoms with Gasteiger partial charge >= 0.3 is 5.97 Å². The highest BCUT2D eigenvalue weighted by atomic mass is 16.4. The predicted octanol–water partition coefficient (Wildman–Crippen LogP) is 3.79. The standard InChI is InChI=1S/C16H21NO2/c1-2-12-4-3-5-13(12)10-11-17-15-8-6-14(7-9-15)16(18)19/h3-4,6-9,12-13,17H,2,5,10-11H2,1H3,(H,18,19). The Morgan fingerprint density at radius 1 is 1.37 bits per heavy atom. The molecule has 1 aliphatic rings.